The van der Waals surface area contributed by atoms with Gasteiger partial charge < -0.3 is 0 Å². The summed E-state index contributed by atoms with van der Waals surface area (Å²) in [5.41, 5.74) is 0.385. The van der Waals surface area contributed by atoms with Gasteiger partial charge in [0.25, 0.3) is 0 Å². The fraction of sp³-hybridized carbons (Fsp3) is 0.867. The number of hydrogen-bond donors (Lipinski definition) is 0. The third-order valence-corrected chi connectivity index (χ3v) is 4.13. The molecule has 0 fully saturated rings. The van der Waals surface area contributed by atoms with E-state index in [1.54, 1.807) is 0 Å². The number of rotatable bonds is 11. The first kappa shape index (κ1) is 17.8. The van der Waals surface area contributed by atoms with Crippen LogP contribution in [0.15, 0.2) is 9.98 Å². The molecule has 0 aromatic carbocycles. The molecule has 0 radical (unpaired) electrons. The summed E-state index contributed by atoms with van der Waals surface area (Å²) in [7, 11) is 0. The Morgan fingerprint density at radius 3 is 1.89 bits per heavy atom. The van der Waals surface area contributed by atoms with Crippen LogP contribution in [0.2, 0.25) is 0 Å². The first-order valence-corrected chi connectivity index (χ1v) is 7.32. The molecule has 0 saturated carbocycles. The van der Waals surface area contributed by atoms with Gasteiger partial charge in [0.15, 0.2) is 6.17 Å². The van der Waals surface area contributed by atoms with Gasteiger partial charge >= 0.3 is 0 Å². The zero-order valence-corrected chi connectivity index (χ0v) is 12.4. The summed E-state index contributed by atoms with van der Waals surface area (Å²) >= 11 is 0. The summed E-state index contributed by atoms with van der Waals surface area (Å²) in [5.74, 6) is 0. The molecule has 0 bridgehead atoms. The molecule has 4 nitrogen and oxygen atoms in total. The minimum atomic E-state index is -0.590. The van der Waals surface area contributed by atoms with E-state index in [1.165, 1.54) is 44.3 Å². The van der Waals surface area contributed by atoms with Gasteiger partial charge in [0.05, 0.1) is 0 Å². The monoisotopic (exact) mass is 266 g/mol. The zero-order chi connectivity index (χ0) is 14.6. The number of unbranched alkanes of at least 4 members (excludes halogenated alkanes) is 1. The highest BCUT2D eigenvalue weighted by Crippen LogP contribution is 2.38. The molecule has 0 unspecified atom stereocenters. The molecule has 0 heterocycles. The van der Waals surface area contributed by atoms with Crippen LogP contribution in [0.25, 0.3) is 0 Å². The van der Waals surface area contributed by atoms with E-state index in [0.29, 0.717) is 11.8 Å². The Labute approximate surface area is 116 Å². The van der Waals surface area contributed by atoms with Gasteiger partial charge in [-0.2, -0.15) is 9.98 Å². The molecular formula is C15H26N2O2. The number of carbonyl (C=O) groups excluding carboxylic acids is 2. The minimum Gasteiger partial charge on any atom is -0.211 e. The summed E-state index contributed by atoms with van der Waals surface area (Å²) in [5, 5.41) is 0. The van der Waals surface area contributed by atoms with Crippen LogP contribution in [0.5, 0.6) is 0 Å². The molecule has 108 valence electrons. The number of nitrogens with zero attached hydrogens (tertiary/aromatic N) is 2. The van der Waals surface area contributed by atoms with E-state index in [4.69, 9.17) is 0 Å². The van der Waals surface area contributed by atoms with E-state index in [2.05, 4.69) is 30.8 Å². The van der Waals surface area contributed by atoms with E-state index >= 15 is 0 Å². The van der Waals surface area contributed by atoms with Gasteiger partial charge in [-0.15, -0.1) is 0 Å². The van der Waals surface area contributed by atoms with E-state index in [-0.39, 0.29) is 0 Å². The number of aliphatic imine (C=N–C) groups is 2. The van der Waals surface area contributed by atoms with Gasteiger partial charge in [-0.05, 0) is 31.1 Å². The third kappa shape index (κ3) is 7.05. The lowest BCUT2D eigenvalue weighted by Gasteiger charge is -2.32. The molecule has 0 saturated heterocycles. The molecule has 0 N–H and O–H groups in total. The van der Waals surface area contributed by atoms with Gasteiger partial charge in [0, 0.05) is 0 Å². The zero-order valence-electron chi connectivity index (χ0n) is 12.4. The standard InChI is InChI=1S/C15H26N2O2/c1-4-7-10-15(5-2,6-3)11-8-9-14(16-12-18)17-13-19/h14H,4-11H2,1-3H3. The first-order chi connectivity index (χ1) is 9.17. The maximum atomic E-state index is 10.2. The fourth-order valence-electron chi connectivity index (χ4n) is 2.57. The van der Waals surface area contributed by atoms with Crippen molar-refractivity contribution in [2.24, 2.45) is 15.4 Å². The Kier molecular flexibility index (Phi) is 9.97. The van der Waals surface area contributed by atoms with Crippen LogP contribution in [0.3, 0.4) is 0 Å². The summed E-state index contributed by atoms with van der Waals surface area (Å²) in [6.45, 7) is 6.69. The molecule has 0 rings (SSSR count). The van der Waals surface area contributed by atoms with Gasteiger partial charge in [-0.1, -0.05) is 46.5 Å². The Morgan fingerprint density at radius 2 is 1.47 bits per heavy atom. The largest absolute Gasteiger partial charge is 0.237 e. The van der Waals surface area contributed by atoms with Crippen molar-refractivity contribution in [1.82, 2.24) is 0 Å². The molecule has 0 aliphatic carbocycles. The summed E-state index contributed by atoms with van der Waals surface area (Å²) in [4.78, 5) is 27.5. The molecule has 0 aliphatic heterocycles. The highest BCUT2D eigenvalue weighted by atomic mass is 16.1. The average Bonchev–Trinajstić information content (AvgIpc) is 2.43. The average molecular weight is 266 g/mol. The quantitative estimate of drug-likeness (QED) is 0.416. The SMILES string of the molecule is CCCCC(CC)(CC)CCCC(N=C=O)N=C=O. The van der Waals surface area contributed by atoms with E-state index < -0.39 is 6.17 Å². The van der Waals surface area contributed by atoms with Crippen molar-refractivity contribution in [3.8, 4) is 0 Å². The van der Waals surface area contributed by atoms with Crippen molar-refractivity contribution >= 4 is 12.2 Å². The van der Waals surface area contributed by atoms with Crippen LogP contribution in [0, 0.1) is 5.41 Å². The summed E-state index contributed by atoms with van der Waals surface area (Å²) in [6, 6.07) is 0. The van der Waals surface area contributed by atoms with Crippen molar-refractivity contribution in [2.75, 3.05) is 0 Å². The van der Waals surface area contributed by atoms with Crippen LogP contribution < -0.4 is 0 Å². The van der Waals surface area contributed by atoms with Crippen molar-refractivity contribution in [3.63, 3.8) is 0 Å². The number of isocyanates is 2. The Morgan fingerprint density at radius 1 is 0.947 bits per heavy atom. The molecule has 0 atom stereocenters. The van der Waals surface area contributed by atoms with E-state index in [1.807, 2.05) is 0 Å². The second-order valence-electron chi connectivity index (χ2n) is 5.12. The Bertz CT molecular complexity index is 307. The van der Waals surface area contributed by atoms with Crippen LogP contribution in [0.1, 0.15) is 72.1 Å². The minimum absolute atomic E-state index is 0.385. The Balaban J connectivity index is 4.38. The molecule has 0 amide bonds. The molecule has 0 aromatic heterocycles. The highest BCUT2D eigenvalue weighted by Gasteiger charge is 2.25. The second-order valence-corrected chi connectivity index (χ2v) is 5.12. The molecule has 0 aromatic rings. The molecule has 0 aliphatic rings. The Hall–Kier alpha value is -1.24. The first-order valence-electron chi connectivity index (χ1n) is 7.32. The lowest BCUT2D eigenvalue weighted by atomic mass is 9.74. The summed E-state index contributed by atoms with van der Waals surface area (Å²) < 4.78 is 0. The van der Waals surface area contributed by atoms with Crippen LogP contribution in [0.4, 0.5) is 0 Å². The molecule has 0 spiro atoms. The number of hydrogen-bond acceptors (Lipinski definition) is 4. The maximum absolute atomic E-state index is 10.2. The lowest BCUT2D eigenvalue weighted by Crippen LogP contribution is -2.19. The van der Waals surface area contributed by atoms with Gasteiger partial charge in [0.2, 0.25) is 12.2 Å². The van der Waals surface area contributed by atoms with Gasteiger partial charge in [-0.3, -0.25) is 0 Å². The van der Waals surface area contributed by atoms with Crippen molar-refractivity contribution in [3.05, 3.63) is 0 Å². The summed E-state index contributed by atoms with van der Waals surface area (Å²) in [6.07, 6.45) is 11.0. The van der Waals surface area contributed by atoms with E-state index in [9.17, 15) is 9.59 Å². The molecular weight excluding hydrogens is 240 g/mol. The maximum Gasteiger partial charge on any atom is 0.237 e. The van der Waals surface area contributed by atoms with Crippen LogP contribution in [-0.4, -0.2) is 18.3 Å². The lowest BCUT2D eigenvalue weighted by molar-refractivity contribution is 0.203. The van der Waals surface area contributed by atoms with Gasteiger partial charge in [-0.25, -0.2) is 9.59 Å². The van der Waals surface area contributed by atoms with Crippen molar-refractivity contribution in [2.45, 2.75) is 78.3 Å². The smallest absolute Gasteiger partial charge is 0.211 e. The van der Waals surface area contributed by atoms with Crippen LogP contribution >= 0.6 is 0 Å². The fourth-order valence-corrected chi connectivity index (χ4v) is 2.57. The van der Waals surface area contributed by atoms with E-state index in [0.717, 1.165) is 12.8 Å². The van der Waals surface area contributed by atoms with Crippen molar-refractivity contribution in [1.29, 1.82) is 0 Å². The molecule has 4 heteroatoms. The predicted octanol–water partition coefficient (Wildman–Crippen LogP) is 4.15. The van der Waals surface area contributed by atoms with Gasteiger partial charge in [0.1, 0.15) is 0 Å². The van der Waals surface area contributed by atoms with Crippen molar-refractivity contribution < 1.29 is 9.59 Å². The highest BCUT2D eigenvalue weighted by molar-refractivity contribution is 5.36. The molecule has 19 heavy (non-hydrogen) atoms. The predicted molar refractivity (Wildman–Crippen MR) is 76.4 cm³/mol. The van der Waals surface area contributed by atoms with Crippen LogP contribution in [-0.2, 0) is 9.59 Å². The normalized spacial score (nSPS) is 12.4. The topological polar surface area (TPSA) is 58.9 Å². The second kappa shape index (κ2) is 10.7. The third-order valence-electron chi connectivity index (χ3n) is 4.13.